The van der Waals surface area contributed by atoms with Crippen LogP contribution in [-0.2, 0) is 0 Å². The van der Waals surface area contributed by atoms with Crippen molar-refractivity contribution in [2.75, 3.05) is 13.1 Å². The van der Waals surface area contributed by atoms with Crippen LogP contribution in [0.25, 0.3) is 10.8 Å². The lowest BCUT2D eigenvalue weighted by Crippen LogP contribution is -2.64. The molecule has 4 rings (SSSR count). The Hall–Kier alpha value is -3.32. The lowest BCUT2D eigenvalue weighted by atomic mass is 9.85. The van der Waals surface area contributed by atoms with Crippen LogP contribution in [0.4, 0.5) is 79.0 Å². The van der Waals surface area contributed by atoms with Crippen LogP contribution in [0.15, 0.2) is 21.1 Å². The minimum Gasteiger partial charge on any atom is -0.269 e. The predicted molar refractivity (Wildman–Crippen MR) is 132 cm³/mol. The number of hydrogen-bond donors (Lipinski definition) is 0. The second kappa shape index (κ2) is 11.1. The summed E-state index contributed by atoms with van der Waals surface area (Å²) in [6, 6.07) is 0.604. The molecule has 2 heterocycles. The number of amides is 4. The Morgan fingerprint density at radius 1 is 0.440 bits per heavy atom. The number of carbonyl (C=O) groups is 4. The van der Waals surface area contributed by atoms with Gasteiger partial charge in [0.1, 0.15) is 0 Å². The molecule has 2 aliphatic rings. The second-order valence-electron chi connectivity index (χ2n) is 10.4. The van der Waals surface area contributed by atoms with E-state index in [4.69, 9.17) is 0 Å². The third kappa shape index (κ3) is 5.15. The minimum atomic E-state index is -7.44. The zero-order valence-electron chi connectivity index (χ0n) is 22.7. The van der Waals surface area contributed by atoms with Gasteiger partial charge in [-0.25, -0.2) is 0 Å². The highest BCUT2D eigenvalue weighted by Gasteiger charge is 2.83. The van der Waals surface area contributed by atoms with Gasteiger partial charge in [0.15, 0.2) is 0 Å². The molecule has 0 aliphatic carbocycles. The van der Waals surface area contributed by atoms with E-state index < -0.39 is 136 Å². The van der Waals surface area contributed by atoms with Crippen molar-refractivity contribution in [1.82, 2.24) is 9.80 Å². The zero-order valence-corrected chi connectivity index (χ0v) is 25.8. The molecule has 0 saturated heterocycles. The van der Waals surface area contributed by atoms with E-state index in [0.29, 0.717) is 12.1 Å². The molecule has 0 spiro atoms. The molecule has 0 N–H and O–H groups in total. The molecule has 276 valence electrons. The van der Waals surface area contributed by atoms with Crippen molar-refractivity contribution in [2.45, 2.75) is 47.9 Å². The molecule has 2 aromatic carbocycles. The van der Waals surface area contributed by atoms with Crippen molar-refractivity contribution in [1.29, 1.82) is 0 Å². The Labute approximate surface area is 278 Å². The largest absolute Gasteiger partial charge is 0.460 e. The first-order valence-corrected chi connectivity index (χ1v) is 13.8. The summed E-state index contributed by atoms with van der Waals surface area (Å²) in [6.07, 6.45) is -14.6. The Morgan fingerprint density at radius 2 is 0.700 bits per heavy atom. The fourth-order valence-electron chi connectivity index (χ4n) is 4.77. The summed E-state index contributed by atoms with van der Waals surface area (Å²) in [4.78, 5) is 50.7. The van der Waals surface area contributed by atoms with Crippen LogP contribution in [0.3, 0.4) is 0 Å². The molecular weight excluding hydrogens is 882 g/mol. The van der Waals surface area contributed by atoms with Gasteiger partial charge in [-0.15, -0.1) is 0 Å². The summed E-state index contributed by atoms with van der Waals surface area (Å²) >= 11 is 5.10. The summed E-state index contributed by atoms with van der Waals surface area (Å²) in [5.41, 5.74) is -4.70. The molecule has 0 atom stereocenters. The molecular formula is C24H6Br2F18N2O4. The van der Waals surface area contributed by atoms with E-state index in [9.17, 15) is 98.2 Å². The average Bonchev–Trinajstić information content (AvgIpc) is 2.94. The number of halogens is 20. The van der Waals surface area contributed by atoms with Gasteiger partial charge in [-0.1, -0.05) is 0 Å². The highest BCUT2D eigenvalue weighted by atomic mass is 79.9. The molecule has 0 fully saturated rings. The smallest absolute Gasteiger partial charge is 0.269 e. The van der Waals surface area contributed by atoms with E-state index in [1.807, 2.05) is 0 Å². The van der Waals surface area contributed by atoms with Crippen molar-refractivity contribution in [2.24, 2.45) is 0 Å². The number of hydrogen-bond acceptors (Lipinski definition) is 4. The van der Waals surface area contributed by atoms with Crippen molar-refractivity contribution < 1.29 is 98.2 Å². The number of imide groups is 2. The molecule has 6 nitrogen and oxygen atoms in total. The molecule has 0 unspecified atom stereocenters. The van der Waals surface area contributed by atoms with Gasteiger partial charge in [0.2, 0.25) is 0 Å². The third-order valence-electron chi connectivity index (χ3n) is 7.31. The Morgan fingerprint density at radius 3 is 0.940 bits per heavy atom. The Balaban J connectivity index is 1.85. The normalized spacial score (nSPS) is 17.0. The maximum Gasteiger partial charge on any atom is 0.460 e. The van der Waals surface area contributed by atoms with Crippen molar-refractivity contribution in [3.8, 4) is 0 Å². The maximum absolute atomic E-state index is 14.5. The lowest BCUT2D eigenvalue weighted by molar-refractivity contribution is -0.395. The van der Waals surface area contributed by atoms with Crippen LogP contribution < -0.4 is 0 Å². The molecule has 0 bridgehead atoms. The molecule has 0 saturated carbocycles. The van der Waals surface area contributed by atoms with E-state index in [-0.39, 0.29) is 0 Å². The van der Waals surface area contributed by atoms with Crippen molar-refractivity contribution in [3.05, 3.63) is 43.3 Å². The number of rotatable bonds is 8. The van der Waals surface area contributed by atoms with E-state index in [2.05, 4.69) is 31.9 Å². The first-order valence-electron chi connectivity index (χ1n) is 12.2. The minimum absolute atomic E-state index is 0.302. The highest BCUT2D eigenvalue weighted by molar-refractivity contribution is 9.10. The number of carbonyl (C=O) groups excluding carboxylic acids is 4. The second-order valence-corrected chi connectivity index (χ2v) is 12.1. The molecule has 0 aromatic heterocycles. The SMILES string of the molecule is O=C1c2cc(Br)c3c4c(cc(Br)c(c24)C(=O)N1CC(F)(F)C(F)(F)C(F)(F)C(F)(F)F)C(=O)N(CC(F)(F)C(F)(F)C(F)(F)C(F)(F)F)C3=O. The van der Waals surface area contributed by atoms with Gasteiger partial charge in [-0.05, 0) is 44.0 Å². The lowest BCUT2D eigenvalue weighted by Gasteiger charge is -2.38. The Kier molecular flexibility index (Phi) is 8.75. The van der Waals surface area contributed by atoms with Crippen LogP contribution >= 0.6 is 31.9 Å². The topological polar surface area (TPSA) is 74.8 Å². The van der Waals surface area contributed by atoms with E-state index in [1.54, 1.807) is 0 Å². The predicted octanol–water partition coefficient (Wildman–Crippen LogP) is 8.49. The van der Waals surface area contributed by atoms with Gasteiger partial charge < -0.3 is 0 Å². The fraction of sp³-hybridized carbons (Fsp3) is 0.417. The van der Waals surface area contributed by atoms with Gasteiger partial charge in [-0.3, -0.25) is 29.0 Å². The molecule has 4 amide bonds. The Bertz CT molecular complexity index is 1740. The van der Waals surface area contributed by atoms with Crippen molar-refractivity contribution >= 4 is 66.3 Å². The zero-order chi connectivity index (χ0) is 38.9. The summed E-state index contributed by atoms with van der Waals surface area (Å²) < 4.78 is 241. The van der Waals surface area contributed by atoms with E-state index in [0.717, 1.165) is 0 Å². The summed E-state index contributed by atoms with van der Waals surface area (Å²) in [5.74, 6) is -51.3. The third-order valence-corrected chi connectivity index (χ3v) is 8.56. The van der Waals surface area contributed by atoms with Gasteiger partial charge in [0.25, 0.3) is 23.6 Å². The van der Waals surface area contributed by atoms with Gasteiger partial charge in [0, 0.05) is 30.8 Å². The van der Waals surface area contributed by atoms with E-state index in [1.165, 1.54) is 0 Å². The molecule has 26 heteroatoms. The molecule has 2 aromatic rings. The van der Waals surface area contributed by atoms with Crippen LogP contribution in [0, 0.1) is 0 Å². The standard InChI is InChI=1S/C24H6Br2F18N2O4/c25-7-1-5-9-10-6(14(48)46(15(49)11(7)10)4-18(29,30)20(33,34)22(37,38)24(42,43)44)2-8(26)12(9)16(50)45(13(5)47)3-17(27,28)19(31,32)21(35,36)23(39,40)41/h1-2H,3-4H2. The number of alkyl halides is 18. The summed E-state index contributed by atoms with van der Waals surface area (Å²) in [5, 5.41) is -2.01. The fourth-order valence-corrected chi connectivity index (χ4v) is 5.96. The van der Waals surface area contributed by atoms with Crippen molar-refractivity contribution in [3.63, 3.8) is 0 Å². The van der Waals surface area contributed by atoms with Crippen LogP contribution in [0.5, 0.6) is 0 Å². The monoisotopic (exact) mass is 886 g/mol. The van der Waals surface area contributed by atoms with Crippen LogP contribution in [-0.4, -0.2) is 94.4 Å². The number of nitrogens with zero attached hydrogens (tertiary/aromatic N) is 2. The molecule has 50 heavy (non-hydrogen) atoms. The highest BCUT2D eigenvalue weighted by Crippen LogP contribution is 2.55. The van der Waals surface area contributed by atoms with Gasteiger partial charge in [0.05, 0.1) is 24.2 Å². The first kappa shape index (κ1) is 39.5. The maximum atomic E-state index is 14.5. The van der Waals surface area contributed by atoms with E-state index >= 15 is 0 Å². The van der Waals surface area contributed by atoms with Gasteiger partial charge >= 0.3 is 47.9 Å². The average molecular weight is 888 g/mol. The summed E-state index contributed by atoms with van der Waals surface area (Å²) in [7, 11) is 0. The van der Waals surface area contributed by atoms with Gasteiger partial charge in [-0.2, -0.15) is 79.0 Å². The first-order chi connectivity index (χ1) is 22.1. The van der Waals surface area contributed by atoms with Crippen LogP contribution in [0.2, 0.25) is 0 Å². The van der Waals surface area contributed by atoms with Crippen LogP contribution in [0.1, 0.15) is 41.4 Å². The number of benzene rings is 2. The molecule has 0 radical (unpaired) electrons. The molecule has 2 aliphatic heterocycles. The summed E-state index contributed by atoms with van der Waals surface area (Å²) in [6.45, 7) is -6.31. The quantitative estimate of drug-likeness (QED) is 0.197.